The van der Waals surface area contributed by atoms with E-state index in [1.807, 2.05) is 19.1 Å². The Hall–Kier alpha value is -6.92. The fraction of sp³-hybridized carbons (Fsp3) is 0.308. The molecule has 4 bridgehead atoms. The minimum atomic E-state index is -1.49. The standard InChI is InChI=1S/C52H50ClFN6O9S/c1-30-37-15-17-41(45(30)53)66-36(26-60-22-20-59(5)21-23-60)28-64-35-14-16-39(65-27-34-18-19-55-47(58-34)38-8-6-7-9-40(38)68-51(63)69-52(2,3)4)32(24-35)25-42(50(61)62)67-48-44-43(37)46(70-49(44)57-29-56-48)31-10-12-33(54)13-11-31/h6-19,24,29,36,42H,20-23,25-28H2,1-5H3,(H,61,62)/t36-,42-/m1/s1. The number of nitrogens with zero attached hydrogens (tertiary/aromatic N) is 6. The molecule has 0 amide bonds. The summed E-state index contributed by atoms with van der Waals surface area (Å²) in [6.07, 6.45) is -0.108. The van der Waals surface area contributed by atoms with Crippen molar-refractivity contribution in [1.29, 1.82) is 0 Å². The number of aromatic nitrogens is 4. The smallest absolute Gasteiger partial charge is 0.490 e. The number of rotatable bonds is 9. The van der Waals surface area contributed by atoms with Crippen molar-refractivity contribution in [2.75, 3.05) is 46.4 Å². The van der Waals surface area contributed by atoms with Crippen LogP contribution in [0.15, 0.2) is 97.5 Å². The molecule has 1 saturated heterocycles. The Labute approximate surface area is 412 Å². The summed E-state index contributed by atoms with van der Waals surface area (Å²) in [6, 6.07) is 23.6. The Morgan fingerprint density at radius 3 is 2.49 bits per heavy atom. The maximum Gasteiger partial charge on any atom is 0.514 e. The van der Waals surface area contributed by atoms with Gasteiger partial charge in [0, 0.05) is 61.3 Å². The molecule has 3 aliphatic heterocycles. The molecule has 10 rings (SSSR count). The highest BCUT2D eigenvalue weighted by atomic mass is 35.5. The molecule has 3 aliphatic rings. The van der Waals surface area contributed by atoms with E-state index in [-0.39, 0.29) is 37.1 Å². The van der Waals surface area contributed by atoms with Gasteiger partial charge in [-0.2, -0.15) is 0 Å². The molecule has 0 saturated carbocycles. The third-order valence-corrected chi connectivity index (χ3v) is 13.4. The summed E-state index contributed by atoms with van der Waals surface area (Å²) in [5.74, 6) is 0.129. The topological polar surface area (TPSA) is 168 Å². The van der Waals surface area contributed by atoms with Crippen LogP contribution in [-0.2, 0) is 22.6 Å². The van der Waals surface area contributed by atoms with Gasteiger partial charge in [-0.25, -0.2) is 33.9 Å². The monoisotopic (exact) mass is 988 g/mol. The van der Waals surface area contributed by atoms with Crippen LogP contribution in [0.5, 0.6) is 28.9 Å². The van der Waals surface area contributed by atoms with E-state index in [1.165, 1.54) is 29.8 Å². The van der Waals surface area contributed by atoms with Crippen LogP contribution in [0.3, 0.4) is 0 Å². The Morgan fingerprint density at radius 1 is 0.929 bits per heavy atom. The average Bonchev–Trinajstić information content (AvgIpc) is 3.72. The van der Waals surface area contributed by atoms with Crippen LogP contribution in [0.1, 0.15) is 37.6 Å². The lowest BCUT2D eigenvalue weighted by atomic mass is 9.96. The van der Waals surface area contributed by atoms with Crippen molar-refractivity contribution in [2.45, 2.75) is 58.5 Å². The number of halogens is 2. The SMILES string of the molecule is Cc1c2ccc(c1Cl)O[C@H](CN1CCN(C)CC1)COc1ccc(OCc3ccnc(-c4ccccc4OC(=O)OC(C)(C)C)n3)c(c1)C[C@H](C(=O)O)Oc1ncnc3sc(-c4ccc(F)cc4)c-2c13. The van der Waals surface area contributed by atoms with E-state index in [9.17, 15) is 19.1 Å². The quantitative estimate of drug-likeness (QED) is 0.107. The van der Waals surface area contributed by atoms with Crippen LogP contribution in [0.2, 0.25) is 5.02 Å². The van der Waals surface area contributed by atoms with Crippen LogP contribution in [0.4, 0.5) is 9.18 Å². The fourth-order valence-electron chi connectivity index (χ4n) is 8.21. The summed E-state index contributed by atoms with van der Waals surface area (Å²) >= 11 is 8.59. The highest BCUT2D eigenvalue weighted by molar-refractivity contribution is 7.22. The Bertz CT molecular complexity index is 3050. The van der Waals surface area contributed by atoms with Crippen molar-refractivity contribution in [1.82, 2.24) is 29.7 Å². The van der Waals surface area contributed by atoms with Crippen LogP contribution in [-0.4, -0.2) is 111 Å². The van der Waals surface area contributed by atoms with Gasteiger partial charge in [-0.15, -0.1) is 11.3 Å². The number of carboxylic acids is 1. The van der Waals surface area contributed by atoms with Gasteiger partial charge in [0.25, 0.3) is 0 Å². The summed E-state index contributed by atoms with van der Waals surface area (Å²) < 4.78 is 51.4. The number of likely N-dealkylation sites (N-methyl/N-ethyl adjacent to an activating group) is 1. The van der Waals surface area contributed by atoms with E-state index in [0.717, 1.165) is 31.1 Å². The predicted molar refractivity (Wildman–Crippen MR) is 263 cm³/mol. The third kappa shape index (κ3) is 11.1. The zero-order valence-corrected chi connectivity index (χ0v) is 40.7. The Morgan fingerprint density at radius 2 is 1.71 bits per heavy atom. The highest BCUT2D eigenvalue weighted by Gasteiger charge is 2.30. The van der Waals surface area contributed by atoms with Crippen molar-refractivity contribution in [3.05, 3.63) is 125 Å². The molecule has 1 fully saturated rings. The highest BCUT2D eigenvalue weighted by Crippen LogP contribution is 2.50. The molecule has 6 heterocycles. The second kappa shape index (κ2) is 20.6. The van der Waals surface area contributed by atoms with Crippen molar-refractivity contribution < 1.29 is 47.5 Å². The molecule has 362 valence electrons. The van der Waals surface area contributed by atoms with Crippen LogP contribution in [0, 0.1) is 12.7 Å². The maximum absolute atomic E-state index is 14.3. The number of benzene rings is 4. The lowest BCUT2D eigenvalue weighted by Crippen LogP contribution is -2.49. The van der Waals surface area contributed by atoms with Gasteiger partial charge < -0.3 is 38.4 Å². The van der Waals surface area contributed by atoms with Crippen molar-refractivity contribution in [3.63, 3.8) is 0 Å². The number of para-hydroxylation sites is 1. The molecule has 1 N–H and O–H groups in total. The molecule has 0 aliphatic carbocycles. The van der Waals surface area contributed by atoms with Gasteiger partial charge in [0.2, 0.25) is 12.0 Å². The number of hydrogen-bond donors (Lipinski definition) is 1. The van der Waals surface area contributed by atoms with E-state index < -0.39 is 35.8 Å². The number of thiophene rings is 1. The normalized spacial score (nSPS) is 16.7. The van der Waals surface area contributed by atoms with Gasteiger partial charge in [-0.1, -0.05) is 41.9 Å². The number of carbonyl (C=O) groups is 2. The molecule has 0 spiro atoms. The van der Waals surface area contributed by atoms with E-state index in [0.29, 0.717) is 78.1 Å². The van der Waals surface area contributed by atoms with Gasteiger partial charge in [-0.05, 0) is 106 Å². The first-order chi connectivity index (χ1) is 33.7. The summed E-state index contributed by atoms with van der Waals surface area (Å²) in [7, 11) is 2.10. The lowest BCUT2D eigenvalue weighted by molar-refractivity contribution is -0.145. The van der Waals surface area contributed by atoms with Gasteiger partial charge >= 0.3 is 12.1 Å². The molecule has 0 unspecified atom stereocenters. The zero-order valence-electron chi connectivity index (χ0n) is 39.1. The molecule has 0 radical (unpaired) electrons. The summed E-state index contributed by atoms with van der Waals surface area (Å²) in [5, 5.41) is 11.7. The Kier molecular flexibility index (Phi) is 14.1. The molecular weight excluding hydrogens is 939 g/mol. The van der Waals surface area contributed by atoms with Crippen molar-refractivity contribution in [3.8, 4) is 61.8 Å². The molecular formula is C52H50ClFN6O9S. The molecule has 18 heteroatoms. The minimum absolute atomic E-state index is 0.0312. The van der Waals surface area contributed by atoms with Crippen molar-refractivity contribution >= 4 is 45.3 Å². The second-order valence-electron chi connectivity index (χ2n) is 18.0. The predicted octanol–water partition coefficient (Wildman–Crippen LogP) is 9.94. The lowest BCUT2D eigenvalue weighted by Gasteiger charge is -2.34. The first kappa shape index (κ1) is 48.1. The molecule has 4 aromatic carbocycles. The number of carbonyl (C=O) groups excluding carboxylic acids is 1. The van der Waals surface area contributed by atoms with E-state index in [2.05, 4.69) is 31.8 Å². The molecule has 7 aromatic rings. The van der Waals surface area contributed by atoms with Crippen molar-refractivity contribution in [2.24, 2.45) is 0 Å². The molecule has 3 aromatic heterocycles. The first-order valence-corrected chi connectivity index (χ1v) is 23.9. The number of aliphatic carboxylic acids is 1. The number of ether oxygens (including phenoxy) is 6. The number of fused-ring (bicyclic) bond motifs is 7. The van der Waals surface area contributed by atoms with E-state index >= 15 is 0 Å². The Balaban J connectivity index is 1.09. The number of carboxylic acid groups (broad SMARTS) is 1. The van der Waals surface area contributed by atoms with Crippen LogP contribution in [0.25, 0.3) is 43.2 Å². The minimum Gasteiger partial charge on any atom is -0.490 e. The third-order valence-electron chi connectivity index (χ3n) is 11.7. The molecule has 15 nitrogen and oxygen atoms in total. The molecule has 70 heavy (non-hydrogen) atoms. The largest absolute Gasteiger partial charge is 0.514 e. The fourth-order valence-corrected chi connectivity index (χ4v) is 9.57. The summed E-state index contributed by atoms with van der Waals surface area (Å²) in [4.78, 5) is 50.1. The van der Waals surface area contributed by atoms with Gasteiger partial charge in [0.15, 0.2) is 5.82 Å². The van der Waals surface area contributed by atoms with E-state index in [4.69, 9.17) is 45.0 Å². The van der Waals surface area contributed by atoms with Crippen LogP contribution < -0.4 is 23.7 Å². The summed E-state index contributed by atoms with van der Waals surface area (Å²) in [6.45, 7) is 11.3. The van der Waals surface area contributed by atoms with Gasteiger partial charge in [-0.3, -0.25) is 4.90 Å². The zero-order chi connectivity index (χ0) is 49.1. The number of piperazine rings is 1. The summed E-state index contributed by atoms with van der Waals surface area (Å²) in [5.41, 5.74) is 3.39. The molecule has 2 atom stereocenters. The van der Waals surface area contributed by atoms with E-state index in [1.54, 1.807) is 87.6 Å². The van der Waals surface area contributed by atoms with Gasteiger partial charge in [0.05, 0.1) is 21.7 Å². The first-order valence-electron chi connectivity index (χ1n) is 22.7. The second-order valence-corrected chi connectivity index (χ2v) is 19.4. The van der Waals surface area contributed by atoms with Crippen LogP contribution >= 0.6 is 22.9 Å². The van der Waals surface area contributed by atoms with Gasteiger partial charge in [0.1, 0.15) is 64.9 Å². The average molecular weight is 990 g/mol. The number of hydrogen-bond acceptors (Lipinski definition) is 15. The maximum atomic E-state index is 14.3.